The van der Waals surface area contributed by atoms with Gasteiger partial charge >= 0.3 is 0 Å². The molecule has 2 aromatic carbocycles. The highest BCUT2D eigenvalue weighted by Gasteiger charge is 2.16. The van der Waals surface area contributed by atoms with E-state index in [4.69, 9.17) is 4.74 Å². The molecule has 0 aliphatic rings. The Balaban J connectivity index is 1.27. The monoisotopic (exact) mass is 439 g/mol. The van der Waals surface area contributed by atoms with E-state index in [1.807, 2.05) is 36.4 Å². The molecular formula is C25H18FN5O2. The highest BCUT2D eigenvalue weighted by Crippen LogP contribution is 2.21. The van der Waals surface area contributed by atoms with Crippen molar-refractivity contribution in [1.82, 2.24) is 24.9 Å². The Hall–Kier alpha value is -4.59. The maximum atomic E-state index is 13.3. The van der Waals surface area contributed by atoms with Gasteiger partial charge in [0, 0.05) is 36.6 Å². The number of benzene rings is 2. The number of carbonyl (C=O) groups excluding carboxylic acids is 1. The molecule has 8 heteroatoms. The summed E-state index contributed by atoms with van der Waals surface area (Å²) >= 11 is 0. The van der Waals surface area contributed by atoms with Crippen molar-refractivity contribution in [3.63, 3.8) is 0 Å². The number of pyridine rings is 1. The largest absolute Gasteiger partial charge is 0.439 e. The first-order valence-electron chi connectivity index (χ1n) is 10.2. The third-order valence-electron chi connectivity index (χ3n) is 4.98. The molecule has 0 aliphatic carbocycles. The molecule has 0 spiro atoms. The summed E-state index contributed by atoms with van der Waals surface area (Å²) in [4.78, 5) is 21.4. The second kappa shape index (κ2) is 8.88. The number of carbonyl (C=O) groups is 1. The third-order valence-corrected chi connectivity index (χ3v) is 4.98. The third kappa shape index (κ3) is 4.40. The van der Waals surface area contributed by atoms with Crippen LogP contribution in [-0.4, -0.2) is 25.5 Å². The first kappa shape index (κ1) is 20.3. The van der Waals surface area contributed by atoms with Gasteiger partial charge in [-0.1, -0.05) is 42.5 Å². The van der Waals surface area contributed by atoms with Gasteiger partial charge in [-0.05, 0) is 23.8 Å². The van der Waals surface area contributed by atoms with Crippen molar-refractivity contribution in [2.75, 3.05) is 0 Å². The number of nitrogens with one attached hydrogen (secondary N) is 1. The van der Waals surface area contributed by atoms with Crippen LogP contribution in [0, 0.1) is 5.82 Å². The SMILES string of the molecule is O=C(NCc1ccc(Oc2cccc(F)c2)nc1)c1cnn2c(-c3ccccc3)ccnc12. The number of halogens is 1. The van der Waals surface area contributed by atoms with E-state index in [-0.39, 0.29) is 18.3 Å². The minimum Gasteiger partial charge on any atom is -0.439 e. The van der Waals surface area contributed by atoms with Gasteiger partial charge in [0.2, 0.25) is 5.88 Å². The lowest BCUT2D eigenvalue weighted by Gasteiger charge is -2.07. The van der Waals surface area contributed by atoms with Crippen LogP contribution in [0.5, 0.6) is 11.6 Å². The molecule has 3 heterocycles. The fraction of sp³-hybridized carbons (Fsp3) is 0.0400. The summed E-state index contributed by atoms with van der Waals surface area (Å²) in [5, 5.41) is 7.23. The molecule has 1 amide bonds. The predicted octanol–water partition coefficient (Wildman–Crippen LogP) is 4.65. The zero-order valence-electron chi connectivity index (χ0n) is 17.4. The first-order chi connectivity index (χ1) is 16.2. The molecule has 0 bridgehead atoms. The standard InChI is InChI=1S/C25H18FN5O2/c26-19-7-4-8-20(13-19)33-23-10-9-17(14-28-23)15-29-25(32)21-16-30-31-22(11-12-27-24(21)31)18-5-2-1-3-6-18/h1-14,16H,15H2,(H,29,32). The fourth-order valence-electron chi connectivity index (χ4n) is 3.38. The van der Waals surface area contributed by atoms with E-state index in [1.165, 1.54) is 18.3 Å². The summed E-state index contributed by atoms with van der Waals surface area (Å²) in [5.41, 5.74) is 3.46. The van der Waals surface area contributed by atoms with Gasteiger partial charge in [0.05, 0.1) is 11.9 Å². The van der Waals surface area contributed by atoms with E-state index in [1.54, 1.807) is 41.2 Å². The lowest BCUT2D eigenvalue weighted by molar-refractivity contribution is 0.0952. The van der Waals surface area contributed by atoms with Gasteiger partial charge in [-0.3, -0.25) is 4.79 Å². The topological polar surface area (TPSA) is 81.4 Å². The Morgan fingerprint density at radius 2 is 1.85 bits per heavy atom. The number of ether oxygens (including phenoxy) is 1. The van der Waals surface area contributed by atoms with Crippen LogP contribution in [0.15, 0.2) is 91.4 Å². The van der Waals surface area contributed by atoms with Gasteiger partial charge in [-0.2, -0.15) is 5.10 Å². The number of nitrogens with zero attached hydrogens (tertiary/aromatic N) is 4. The number of fused-ring (bicyclic) bond motifs is 1. The molecule has 0 aliphatic heterocycles. The molecular weight excluding hydrogens is 421 g/mol. The Morgan fingerprint density at radius 1 is 0.970 bits per heavy atom. The smallest absolute Gasteiger partial charge is 0.257 e. The minimum atomic E-state index is -0.384. The lowest BCUT2D eigenvalue weighted by Crippen LogP contribution is -2.22. The van der Waals surface area contributed by atoms with Crippen molar-refractivity contribution in [3.8, 4) is 22.9 Å². The molecule has 1 N–H and O–H groups in total. The molecule has 33 heavy (non-hydrogen) atoms. The highest BCUT2D eigenvalue weighted by atomic mass is 19.1. The van der Waals surface area contributed by atoms with Crippen LogP contribution in [0.3, 0.4) is 0 Å². The average Bonchev–Trinajstić information content (AvgIpc) is 3.28. The summed E-state index contributed by atoms with van der Waals surface area (Å²) in [5.74, 6) is 0.0163. The van der Waals surface area contributed by atoms with Crippen molar-refractivity contribution in [2.45, 2.75) is 6.54 Å². The normalized spacial score (nSPS) is 10.8. The first-order valence-corrected chi connectivity index (χ1v) is 10.2. The van der Waals surface area contributed by atoms with Gasteiger partial charge < -0.3 is 10.1 Å². The van der Waals surface area contributed by atoms with E-state index in [0.717, 1.165) is 16.8 Å². The lowest BCUT2D eigenvalue weighted by atomic mass is 10.1. The van der Waals surface area contributed by atoms with Crippen molar-refractivity contribution < 1.29 is 13.9 Å². The Labute approximate surface area is 188 Å². The second-order valence-corrected chi connectivity index (χ2v) is 7.24. The number of hydrogen-bond donors (Lipinski definition) is 1. The predicted molar refractivity (Wildman–Crippen MR) is 120 cm³/mol. The van der Waals surface area contributed by atoms with Crippen LogP contribution < -0.4 is 10.1 Å². The Kier molecular flexibility index (Phi) is 5.47. The molecule has 0 radical (unpaired) electrons. The minimum absolute atomic E-state index is 0.266. The zero-order valence-corrected chi connectivity index (χ0v) is 17.4. The maximum absolute atomic E-state index is 13.3. The van der Waals surface area contributed by atoms with E-state index in [0.29, 0.717) is 22.8 Å². The van der Waals surface area contributed by atoms with Gasteiger partial charge in [-0.15, -0.1) is 0 Å². The number of hydrogen-bond acceptors (Lipinski definition) is 5. The quantitative estimate of drug-likeness (QED) is 0.416. The van der Waals surface area contributed by atoms with Gasteiger partial charge in [0.25, 0.3) is 5.91 Å². The number of amides is 1. The van der Waals surface area contributed by atoms with E-state index in [2.05, 4.69) is 20.4 Å². The summed E-state index contributed by atoms with van der Waals surface area (Å²) in [7, 11) is 0. The molecule has 5 aromatic rings. The number of rotatable bonds is 6. The summed E-state index contributed by atoms with van der Waals surface area (Å²) in [6.07, 6.45) is 4.77. The van der Waals surface area contributed by atoms with Crippen LogP contribution in [0.25, 0.3) is 16.9 Å². The molecule has 7 nitrogen and oxygen atoms in total. The molecule has 162 valence electrons. The Bertz CT molecular complexity index is 1420. The van der Waals surface area contributed by atoms with E-state index >= 15 is 0 Å². The second-order valence-electron chi connectivity index (χ2n) is 7.24. The maximum Gasteiger partial charge on any atom is 0.257 e. The molecule has 0 saturated heterocycles. The van der Waals surface area contributed by atoms with Crippen LogP contribution in [-0.2, 0) is 6.54 Å². The highest BCUT2D eigenvalue weighted by molar-refractivity contribution is 5.99. The molecule has 0 saturated carbocycles. The van der Waals surface area contributed by atoms with Crippen molar-refractivity contribution in [3.05, 3.63) is 108 Å². The summed E-state index contributed by atoms with van der Waals surface area (Å²) in [6.45, 7) is 0.266. The number of aromatic nitrogens is 4. The molecule has 3 aromatic heterocycles. The van der Waals surface area contributed by atoms with Crippen LogP contribution in [0.1, 0.15) is 15.9 Å². The molecule has 5 rings (SSSR count). The van der Waals surface area contributed by atoms with Gasteiger partial charge in [-0.25, -0.2) is 18.9 Å². The van der Waals surface area contributed by atoms with Gasteiger partial charge in [0.1, 0.15) is 17.1 Å². The van der Waals surface area contributed by atoms with Gasteiger partial charge in [0.15, 0.2) is 5.65 Å². The van der Waals surface area contributed by atoms with Crippen LogP contribution in [0.4, 0.5) is 4.39 Å². The van der Waals surface area contributed by atoms with E-state index < -0.39 is 0 Å². The van der Waals surface area contributed by atoms with Crippen LogP contribution in [0.2, 0.25) is 0 Å². The van der Waals surface area contributed by atoms with Crippen molar-refractivity contribution in [2.24, 2.45) is 0 Å². The Morgan fingerprint density at radius 3 is 2.64 bits per heavy atom. The molecule has 0 fully saturated rings. The van der Waals surface area contributed by atoms with Crippen LogP contribution >= 0.6 is 0 Å². The summed E-state index contributed by atoms with van der Waals surface area (Å²) in [6, 6.07) is 20.9. The van der Waals surface area contributed by atoms with Crippen molar-refractivity contribution >= 4 is 11.6 Å². The van der Waals surface area contributed by atoms with E-state index in [9.17, 15) is 9.18 Å². The average molecular weight is 439 g/mol. The molecule has 0 unspecified atom stereocenters. The zero-order chi connectivity index (χ0) is 22.6. The van der Waals surface area contributed by atoms with Crippen molar-refractivity contribution in [1.29, 1.82) is 0 Å². The fourth-order valence-corrected chi connectivity index (χ4v) is 3.38. The molecule has 0 atom stereocenters. The summed E-state index contributed by atoms with van der Waals surface area (Å²) < 4.78 is 20.5.